The highest BCUT2D eigenvalue weighted by Crippen LogP contribution is 2.17. The van der Waals surface area contributed by atoms with Crippen molar-refractivity contribution in [3.63, 3.8) is 0 Å². The molecule has 0 radical (unpaired) electrons. The summed E-state index contributed by atoms with van der Waals surface area (Å²) in [4.78, 5) is 24.9. The fourth-order valence-corrected chi connectivity index (χ4v) is 2.76. The molecule has 1 amide bonds. The zero-order valence-corrected chi connectivity index (χ0v) is 16.2. The summed E-state index contributed by atoms with van der Waals surface area (Å²) in [6.45, 7) is 5.94. The molecule has 0 aliphatic carbocycles. The van der Waals surface area contributed by atoms with Gasteiger partial charge in [0.2, 0.25) is 0 Å². The van der Waals surface area contributed by atoms with Gasteiger partial charge >= 0.3 is 5.97 Å². The number of benzene rings is 2. The third-order valence-corrected chi connectivity index (χ3v) is 4.52. The average molecular weight is 404 g/mol. The van der Waals surface area contributed by atoms with E-state index in [1.165, 1.54) is 0 Å². The van der Waals surface area contributed by atoms with Gasteiger partial charge in [-0.25, -0.2) is 4.79 Å². The SMILES string of the molecule is Cc1ccc(COC(=O)[C@@H](NC(=O)c2ccccc2Br)C(C)C)cc1. The lowest BCUT2D eigenvalue weighted by molar-refractivity contribution is -0.148. The molecule has 2 rings (SSSR count). The lowest BCUT2D eigenvalue weighted by Crippen LogP contribution is -2.45. The van der Waals surface area contributed by atoms with E-state index >= 15 is 0 Å². The van der Waals surface area contributed by atoms with E-state index in [0.29, 0.717) is 10.0 Å². The standard InChI is InChI=1S/C20H22BrNO3/c1-13(2)18(22-19(23)16-6-4-5-7-17(16)21)20(24)25-12-15-10-8-14(3)9-11-15/h4-11,13,18H,12H2,1-3H3,(H,22,23)/t18-/m0/s1. The van der Waals surface area contributed by atoms with Crippen molar-refractivity contribution in [2.45, 2.75) is 33.4 Å². The number of carbonyl (C=O) groups is 2. The monoisotopic (exact) mass is 403 g/mol. The fourth-order valence-electron chi connectivity index (χ4n) is 2.29. The van der Waals surface area contributed by atoms with Crippen LogP contribution in [0.25, 0.3) is 0 Å². The largest absolute Gasteiger partial charge is 0.459 e. The van der Waals surface area contributed by atoms with Gasteiger partial charge in [-0.15, -0.1) is 0 Å². The van der Waals surface area contributed by atoms with Gasteiger partial charge in [0.15, 0.2) is 0 Å². The summed E-state index contributed by atoms with van der Waals surface area (Å²) in [7, 11) is 0. The Morgan fingerprint density at radius 3 is 2.32 bits per heavy atom. The Bertz CT molecular complexity index is 741. The highest BCUT2D eigenvalue weighted by Gasteiger charge is 2.26. The number of ether oxygens (including phenoxy) is 1. The molecular formula is C20H22BrNO3. The van der Waals surface area contributed by atoms with Crippen LogP contribution in [0.1, 0.15) is 35.3 Å². The van der Waals surface area contributed by atoms with E-state index in [1.807, 2.05) is 51.1 Å². The first-order valence-corrected chi connectivity index (χ1v) is 8.95. The van der Waals surface area contributed by atoms with Crippen molar-refractivity contribution in [3.8, 4) is 0 Å². The molecule has 0 saturated carbocycles. The maximum absolute atomic E-state index is 12.4. The summed E-state index contributed by atoms with van der Waals surface area (Å²) in [6.07, 6.45) is 0. The second-order valence-corrected chi connectivity index (χ2v) is 7.12. The quantitative estimate of drug-likeness (QED) is 0.733. The summed E-state index contributed by atoms with van der Waals surface area (Å²) < 4.78 is 6.08. The number of hydrogen-bond acceptors (Lipinski definition) is 3. The number of nitrogens with one attached hydrogen (secondary N) is 1. The van der Waals surface area contributed by atoms with Crippen LogP contribution in [0.15, 0.2) is 53.0 Å². The van der Waals surface area contributed by atoms with Gasteiger partial charge in [0, 0.05) is 4.47 Å². The van der Waals surface area contributed by atoms with Crippen molar-refractivity contribution in [1.29, 1.82) is 0 Å². The van der Waals surface area contributed by atoms with Gasteiger partial charge < -0.3 is 10.1 Å². The van der Waals surface area contributed by atoms with Crippen LogP contribution in [0.4, 0.5) is 0 Å². The number of aryl methyl sites for hydroxylation is 1. The lowest BCUT2D eigenvalue weighted by atomic mass is 10.0. The van der Waals surface area contributed by atoms with Gasteiger partial charge in [0.05, 0.1) is 5.56 Å². The number of rotatable bonds is 6. The van der Waals surface area contributed by atoms with Gasteiger partial charge in [-0.3, -0.25) is 4.79 Å². The molecule has 0 bridgehead atoms. The molecule has 0 aromatic heterocycles. The van der Waals surface area contributed by atoms with E-state index in [1.54, 1.807) is 18.2 Å². The van der Waals surface area contributed by atoms with E-state index in [-0.39, 0.29) is 18.4 Å². The molecule has 2 aromatic carbocycles. The van der Waals surface area contributed by atoms with Crippen molar-refractivity contribution in [3.05, 3.63) is 69.7 Å². The van der Waals surface area contributed by atoms with Crippen molar-refractivity contribution in [1.82, 2.24) is 5.32 Å². The summed E-state index contributed by atoms with van der Waals surface area (Å²) in [5.41, 5.74) is 2.55. The van der Waals surface area contributed by atoms with Crippen molar-refractivity contribution >= 4 is 27.8 Å². The molecular weight excluding hydrogens is 382 g/mol. The molecule has 0 aliphatic heterocycles. The number of amides is 1. The minimum absolute atomic E-state index is 0.0862. The summed E-state index contributed by atoms with van der Waals surface area (Å²) in [5.74, 6) is -0.827. The van der Waals surface area contributed by atoms with Crippen LogP contribution in [-0.4, -0.2) is 17.9 Å². The third-order valence-electron chi connectivity index (χ3n) is 3.83. The van der Waals surface area contributed by atoms with Gasteiger partial charge in [-0.1, -0.05) is 55.8 Å². The average Bonchev–Trinajstić information content (AvgIpc) is 2.58. The molecule has 0 aliphatic rings. The maximum Gasteiger partial charge on any atom is 0.329 e. The molecule has 0 unspecified atom stereocenters. The van der Waals surface area contributed by atoms with E-state index in [2.05, 4.69) is 21.2 Å². The Hall–Kier alpha value is -2.14. The van der Waals surface area contributed by atoms with Crippen LogP contribution < -0.4 is 5.32 Å². The van der Waals surface area contributed by atoms with Crippen LogP contribution in [0.3, 0.4) is 0 Å². The Kier molecular flexibility index (Phi) is 6.76. The zero-order chi connectivity index (χ0) is 18.4. The Morgan fingerprint density at radius 1 is 1.08 bits per heavy atom. The number of hydrogen-bond donors (Lipinski definition) is 1. The second kappa shape index (κ2) is 8.81. The topological polar surface area (TPSA) is 55.4 Å². The summed E-state index contributed by atoms with van der Waals surface area (Å²) in [5, 5.41) is 2.78. The smallest absolute Gasteiger partial charge is 0.329 e. The number of halogens is 1. The molecule has 0 fully saturated rings. The van der Waals surface area contributed by atoms with Crippen LogP contribution >= 0.6 is 15.9 Å². The van der Waals surface area contributed by atoms with Crippen LogP contribution in [0.5, 0.6) is 0 Å². The number of carbonyl (C=O) groups excluding carboxylic acids is 2. The zero-order valence-electron chi connectivity index (χ0n) is 14.6. The highest BCUT2D eigenvalue weighted by molar-refractivity contribution is 9.10. The summed E-state index contributed by atoms with van der Waals surface area (Å²) in [6, 6.07) is 14.2. The molecule has 0 spiro atoms. The van der Waals surface area contributed by atoms with Crippen molar-refractivity contribution in [2.24, 2.45) is 5.92 Å². The molecule has 4 nitrogen and oxygen atoms in total. The van der Waals surface area contributed by atoms with E-state index in [0.717, 1.165) is 11.1 Å². The van der Waals surface area contributed by atoms with Gasteiger partial charge in [-0.05, 0) is 46.5 Å². The molecule has 0 heterocycles. The van der Waals surface area contributed by atoms with Gasteiger partial charge in [0.1, 0.15) is 12.6 Å². The van der Waals surface area contributed by atoms with E-state index in [4.69, 9.17) is 4.74 Å². The van der Waals surface area contributed by atoms with Crippen LogP contribution in [0.2, 0.25) is 0 Å². The Balaban J connectivity index is 2.01. The van der Waals surface area contributed by atoms with Crippen LogP contribution in [0, 0.1) is 12.8 Å². The molecule has 5 heteroatoms. The number of esters is 1. The van der Waals surface area contributed by atoms with Gasteiger partial charge in [0.25, 0.3) is 5.91 Å². The van der Waals surface area contributed by atoms with Crippen LogP contribution in [-0.2, 0) is 16.1 Å². The molecule has 25 heavy (non-hydrogen) atoms. The van der Waals surface area contributed by atoms with E-state index in [9.17, 15) is 9.59 Å². The van der Waals surface area contributed by atoms with Crippen molar-refractivity contribution in [2.75, 3.05) is 0 Å². The normalized spacial score (nSPS) is 11.9. The summed E-state index contributed by atoms with van der Waals surface area (Å²) >= 11 is 3.35. The first-order chi connectivity index (χ1) is 11.9. The second-order valence-electron chi connectivity index (χ2n) is 6.27. The van der Waals surface area contributed by atoms with Gasteiger partial charge in [-0.2, -0.15) is 0 Å². The molecule has 0 saturated heterocycles. The Labute approximate surface area is 156 Å². The first kappa shape index (κ1) is 19.2. The maximum atomic E-state index is 12.4. The minimum atomic E-state index is -0.704. The molecule has 132 valence electrons. The predicted molar refractivity (Wildman–Crippen MR) is 101 cm³/mol. The molecule has 1 atom stereocenters. The first-order valence-electron chi connectivity index (χ1n) is 8.16. The van der Waals surface area contributed by atoms with Crippen molar-refractivity contribution < 1.29 is 14.3 Å². The predicted octanol–water partition coefficient (Wildman–Crippen LogP) is 4.26. The Morgan fingerprint density at radius 2 is 1.72 bits per heavy atom. The lowest BCUT2D eigenvalue weighted by Gasteiger charge is -2.21. The molecule has 2 aromatic rings. The minimum Gasteiger partial charge on any atom is -0.459 e. The molecule has 1 N–H and O–H groups in total. The fraction of sp³-hybridized carbons (Fsp3) is 0.300. The third kappa shape index (κ3) is 5.43. The highest BCUT2D eigenvalue weighted by atomic mass is 79.9. The van der Waals surface area contributed by atoms with E-state index < -0.39 is 12.0 Å².